The smallest absolute Gasteiger partial charge is 0.306 e. The van der Waals surface area contributed by atoms with Gasteiger partial charge in [-0.1, -0.05) is 211 Å². The lowest BCUT2D eigenvalue weighted by Crippen LogP contribution is -2.30. The second kappa shape index (κ2) is 50.0. The van der Waals surface area contributed by atoms with Gasteiger partial charge in [-0.15, -0.1) is 0 Å². The quantitative estimate of drug-likeness (QED) is 0.0263. The summed E-state index contributed by atoms with van der Waals surface area (Å²) in [6, 6.07) is 0. The maximum Gasteiger partial charge on any atom is 0.306 e. The molecular weight excluding hydrogens is 757 g/mol. The van der Waals surface area contributed by atoms with Crippen molar-refractivity contribution < 1.29 is 28.6 Å². The molecule has 6 nitrogen and oxygen atoms in total. The minimum Gasteiger partial charge on any atom is -0.462 e. The van der Waals surface area contributed by atoms with Crippen molar-refractivity contribution in [2.45, 2.75) is 271 Å². The monoisotopic (exact) mass is 855 g/mol. The van der Waals surface area contributed by atoms with Crippen molar-refractivity contribution in [2.75, 3.05) is 13.2 Å². The molecule has 354 valence electrons. The van der Waals surface area contributed by atoms with Gasteiger partial charge in [0.05, 0.1) is 0 Å². The normalized spacial score (nSPS) is 12.4. The summed E-state index contributed by atoms with van der Waals surface area (Å²) < 4.78 is 16.7. The Morgan fingerprint density at radius 1 is 0.328 bits per heavy atom. The highest BCUT2D eigenvalue weighted by Gasteiger charge is 2.19. The molecule has 6 heteroatoms. The first-order chi connectivity index (χ1) is 30.0. The molecule has 0 rings (SSSR count). The van der Waals surface area contributed by atoms with Gasteiger partial charge in [-0.25, -0.2) is 0 Å². The van der Waals surface area contributed by atoms with E-state index in [4.69, 9.17) is 14.2 Å². The molecule has 0 bridgehead atoms. The highest BCUT2D eigenvalue weighted by Crippen LogP contribution is 2.15. The fourth-order valence-corrected chi connectivity index (χ4v) is 7.33. The van der Waals surface area contributed by atoms with Gasteiger partial charge in [0.25, 0.3) is 0 Å². The molecule has 0 radical (unpaired) electrons. The van der Waals surface area contributed by atoms with Crippen LogP contribution in [0.15, 0.2) is 48.6 Å². The minimum absolute atomic E-state index is 0.0787. The van der Waals surface area contributed by atoms with Crippen molar-refractivity contribution >= 4 is 17.9 Å². The Labute approximate surface area is 378 Å². The number of rotatable bonds is 47. The highest BCUT2D eigenvalue weighted by molar-refractivity contribution is 5.71. The van der Waals surface area contributed by atoms with E-state index in [0.717, 1.165) is 89.9 Å². The summed E-state index contributed by atoms with van der Waals surface area (Å²) in [4.78, 5) is 37.9. The lowest BCUT2D eigenvalue weighted by Gasteiger charge is -2.18. The van der Waals surface area contributed by atoms with E-state index in [1.54, 1.807) is 0 Å². The summed E-state index contributed by atoms with van der Waals surface area (Å²) in [5.41, 5.74) is 0. The molecule has 61 heavy (non-hydrogen) atoms. The first-order valence-electron chi connectivity index (χ1n) is 26.1. The molecule has 0 fully saturated rings. The summed E-state index contributed by atoms with van der Waals surface area (Å²) >= 11 is 0. The van der Waals surface area contributed by atoms with Crippen molar-refractivity contribution in [3.8, 4) is 0 Å². The van der Waals surface area contributed by atoms with Gasteiger partial charge in [-0.05, 0) is 83.5 Å². The van der Waals surface area contributed by atoms with Gasteiger partial charge in [0.15, 0.2) is 6.10 Å². The molecular formula is C55H98O6. The average molecular weight is 855 g/mol. The Hall–Kier alpha value is -2.63. The van der Waals surface area contributed by atoms with Crippen molar-refractivity contribution in [3.05, 3.63) is 48.6 Å². The zero-order valence-electron chi connectivity index (χ0n) is 40.4. The van der Waals surface area contributed by atoms with E-state index in [-0.39, 0.29) is 31.1 Å². The van der Waals surface area contributed by atoms with Gasteiger partial charge in [0.1, 0.15) is 13.2 Å². The van der Waals surface area contributed by atoms with Gasteiger partial charge in [-0.2, -0.15) is 0 Å². The minimum atomic E-state index is -0.778. The number of carbonyl (C=O) groups is 3. The lowest BCUT2D eigenvalue weighted by atomic mass is 10.1. The van der Waals surface area contributed by atoms with Crippen LogP contribution in [0.3, 0.4) is 0 Å². The van der Waals surface area contributed by atoms with Crippen LogP contribution in [0.4, 0.5) is 0 Å². The molecule has 1 atom stereocenters. The van der Waals surface area contributed by atoms with Crippen LogP contribution in [0.1, 0.15) is 265 Å². The van der Waals surface area contributed by atoms with Crippen molar-refractivity contribution in [1.82, 2.24) is 0 Å². The molecule has 0 aliphatic rings. The van der Waals surface area contributed by atoms with Crippen LogP contribution >= 0.6 is 0 Å². The van der Waals surface area contributed by atoms with Crippen LogP contribution in [-0.2, 0) is 28.6 Å². The maximum atomic E-state index is 12.8. The second-order valence-corrected chi connectivity index (χ2v) is 17.4. The largest absolute Gasteiger partial charge is 0.462 e. The van der Waals surface area contributed by atoms with E-state index in [2.05, 4.69) is 69.4 Å². The Kier molecular flexibility index (Phi) is 47.9. The van der Waals surface area contributed by atoms with Crippen molar-refractivity contribution in [2.24, 2.45) is 0 Å². The summed E-state index contributed by atoms with van der Waals surface area (Å²) in [6.07, 6.45) is 59.6. The molecule has 0 aromatic heterocycles. The molecule has 0 aromatic carbocycles. The number of hydrogen-bond donors (Lipinski definition) is 0. The van der Waals surface area contributed by atoms with Crippen LogP contribution in [0, 0.1) is 0 Å². The van der Waals surface area contributed by atoms with Crippen LogP contribution < -0.4 is 0 Å². The third-order valence-electron chi connectivity index (χ3n) is 11.3. The topological polar surface area (TPSA) is 78.9 Å². The fraction of sp³-hybridized carbons (Fsp3) is 0.800. The van der Waals surface area contributed by atoms with Gasteiger partial charge < -0.3 is 14.2 Å². The summed E-state index contributed by atoms with van der Waals surface area (Å²) in [5.74, 6) is -0.895. The number of hydrogen-bond acceptors (Lipinski definition) is 6. The zero-order valence-corrected chi connectivity index (χ0v) is 40.4. The third kappa shape index (κ3) is 48.3. The predicted molar refractivity (Wildman–Crippen MR) is 261 cm³/mol. The fourth-order valence-electron chi connectivity index (χ4n) is 7.33. The van der Waals surface area contributed by atoms with Gasteiger partial charge in [0, 0.05) is 19.3 Å². The first-order valence-corrected chi connectivity index (χ1v) is 26.1. The molecule has 0 N–H and O–H groups in total. The Morgan fingerprint density at radius 3 is 0.951 bits per heavy atom. The standard InChI is InChI=1S/C55H98O6/c1-4-7-10-13-16-19-21-23-25-27-28-29-31-32-34-36-39-42-45-48-54(57)60-51-52(50-59-53(56)47-44-41-38-18-15-12-9-6-3)61-55(58)49-46-43-40-37-35-33-30-26-24-22-20-17-14-11-8-5-2/h16,19-20,22-23,25-26,30,52H,4-15,17-18,21,24,27-29,31-51H2,1-3H3/b19-16-,22-20-,25-23-,30-26-. The maximum absolute atomic E-state index is 12.8. The molecule has 0 spiro atoms. The van der Waals surface area contributed by atoms with E-state index in [1.165, 1.54) is 135 Å². The molecule has 1 unspecified atom stereocenters. The van der Waals surface area contributed by atoms with E-state index < -0.39 is 6.10 Å². The summed E-state index contributed by atoms with van der Waals surface area (Å²) in [5, 5.41) is 0. The molecule has 0 aliphatic heterocycles. The van der Waals surface area contributed by atoms with E-state index in [0.29, 0.717) is 19.3 Å². The van der Waals surface area contributed by atoms with E-state index in [1.807, 2.05) is 0 Å². The van der Waals surface area contributed by atoms with Crippen molar-refractivity contribution in [1.29, 1.82) is 0 Å². The predicted octanol–water partition coefficient (Wildman–Crippen LogP) is 17.1. The van der Waals surface area contributed by atoms with Crippen LogP contribution in [-0.4, -0.2) is 37.2 Å². The van der Waals surface area contributed by atoms with E-state index >= 15 is 0 Å². The van der Waals surface area contributed by atoms with Gasteiger partial charge in [0.2, 0.25) is 0 Å². The Balaban J connectivity index is 4.29. The molecule has 0 amide bonds. The Bertz CT molecular complexity index is 1070. The number of esters is 3. The summed E-state index contributed by atoms with van der Waals surface area (Å²) in [7, 11) is 0. The third-order valence-corrected chi connectivity index (χ3v) is 11.3. The number of allylic oxidation sites excluding steroid dienone is 8. The molecule has 0 saturated carbocycles. The van der Waals surface area contributed by atoms with Crippen LogP contribution in [0.2, 0.25) is 0 Å². The number of ether oxygens (including phenoxy) is 3. The average Bonchev–Trinajstić information content (AvgIpc) is 3.26. The second-order valence-electron chi connectivity index (χ2n) is 17.4. The van der Waals surface area contributed by atoms with E-state index in [9.17, 15) is 14.4 Å². The molecule has 0 aromatic rings. The molecule has 0 saturated heterocycles. The molecule has 0 heterocycles. The Morgan fingerprint density at radius 2 is 0.590 bits per heavy atom. The summed E-state index contributed by atoms with van der Waals surface area (Å²) in [6.45, 7) is 6.56. The van der Waals surface area contributed by atoms with Gasteiger partial charge in [-0.3, -0.25) is 14.4 Å². The first kappa shape index (κ1) is 58.4. The zero-order chi connectivity index (χ0) is 44.4. The van der Waals surface area contributed by atoms with Gasteiger partial charge >= 0.3 is 17.9 Å². The van der Waals surface area contributed by atoms with Crippen molar-refractivity contribution in [3.63, 3.8) is 0 Å². The van der Waals surface area contributed by atoms with Crippen LogP contribution in [0.5, 0.6) is 0 Å². The highest BCUT2D eigenvalue weighted by atomic mass is 16.6. The van der Waals surface area contributed by atoms with Crippen LogP contribution in [0.25, 0.3) is 0 Å². The molecule has 0 aliphatic carbocycles. The number of carbonyl (C=O) groups excluding carboxylic acids is 3. The number of unbranched alkanes of at least 4 members (excludes halogenated alkanes) is 28. The lowest BCUT2D eigenvalue weighted by molar-refractivity contribution is -0.167. The SMILES string of the molecule is CCCCC/C=C\C/C=C\CCCCCCCCCCCC(=O)OCC(COC(=O)CCCCCCCCCC)OC(=O)CCCCCCC/C=C\C/C=C\CCCCCC.